The third-order valence-electron chi connectivity index (χ3n) is 6.41. The molecule has 1 saturated heterocycles. The summed E-state index contributed by atoms with van der Waals surface area (Å²) >= 11 is 0. The number of halogens is 3. The van der Waals surface area contributed by atoms with E-state index in [4.69, 9.17) is 0 Å². The Morgan fingerprint density at radius 2 is 1.94 bits per heavy atom. The Morgan fingerprint density at radius 3 is 2.68 bits per heavy atom. The molecule has 1 amide bonds. The number of carbonyl (C=O) groups excluding carboxylic acids is 1. The van der Waals surface area contributed by atoms with Gasteiger partial charge in [-0.05, 0) is 37.1 Å². The topological polar surface area (TPSA) is 66.6 Å². The Labute approximate surface area is 176 Å². The van der Waals surface area contributed by atoms with Gasteiger partial charge in [0.15, 0.2) is 5.65 Å². The van der Waals surface area contributed by atoms with Crippen molar-refractivity contribution in [2.45, 2.75) is 39.5 Å². The lowest BCUT2D eigenvalue weighted by Crippen LogP contribution is -2.48. The van der Waals surface area contributed by atoms with Crippen molar-refractivity contribution in [3.63, 3.8) is 0 Å². The molecule has 0 bridgehead atoms. The van der Waals surface area contributed by atoms with Crippen molar-refractivity contribution in [1.82, 2.24) is 24.5 Å². The van der Waals surface area contributed by atoms with Crippen molar-refractivity contribution >= 4 is 17.2 Å². The number of aryl methyl sites for hydroxylation is 1. The van der Waals surface area contributed by atoms with Crippen LogP contribution in [0, 0.1) is 19.8 Å². The Kier molecular flexibility index (Phi) is 4.42. The molecule has 7 nitrogen and oxygen atoms in total. The second-order valence-corrected chi connectivity index (χ2v) is 8.31. The van der Waals surface area contributed by atoms with Crippen LogP contribution in [-0.4, -0.2) is 43.5 Å². The summed E-state index contributed by atoms with van der Waals surface area (Å²) in [7, 11) is 0. The molecule has 0 aromatic carbocycles. The highest BCUT2D eigenvalue weighted by molar-refractivity contribution is 5.78. The first kappa shape index (κ1) is 19.8. The number of pyridine rings is 2. The van der Waals surface area contributed by atoms with Crippen molar-refractivity contribution in [2.24, 2.45) is 5.92 Å². The standard InChI is InChI=1S/C21H21F3N6O/c1-12-13(2)30-11-26-27-20(30)17-10-29(9-16(12)17)19(31)5-14-7-28(8-14)15-3-4-25-18(6-15)21(22,23)24/h3-4,6,11,14H,5,7-10H2,1-2H3. The maximum absolute atomic E-state index is 12.9. The molecule has 10 heteroatoms. The van der Waals surface area contributed by atoms with Gasteiger partial charge in [0.2, 0.25) is 5.91 Å². The van der Waals surface area contributed by atoms with Gasteiger partial charge in [-0.2, -0.15) is 13.2 Å². The van der Waals surface area contributed by atoms with E-state index in [1.165, 1.54) is 6.20 Å². The van der Waals surface area contributed by atoms with Crippen LogP contribution in [0.2, 0.25) is 0 Å². The average Bonchev–Trinajstić information content (AvgIpc) is 3.35. The van der Waals surface area contributed by atoms with Crippen LogP contribution in [0.4, 0.5) is 18.9 Å². The van der Waals surface area contributed by atoms with E-state index in [1.807, 2.05) is 21.1 Å². The van der Waals surface area contributed by atoms with Gasteiger partial charge in [0.25, 0.3) is 0 Å². The number of fused-ring (bicyclic) bond motifs is 3. The van der Waals surface area contributed by atoms with Gasteiger partial charge >= 0.3 is 6.18 Å². The van der Waals surface area contributed by atoms with Crippen LogP contribution in [0.5, 0.6) is 0 Å². The van der Waals surface area contributed by atoms with Crippen LogP contribution in [0.1, 0.15) is 34.5 Å². The summed E-state index contributed by atoms with van der Waals surface area (Å²) in [6.07, 6.45) is -1.22. The predicted molar refractivity (Wildman–Crippen MR) is 106 cm³/mol. The third-order valence-corrected chi connectivity index (χ3v) is 6.41. The number of amides is 1. The van der Waals surface area contributed by atoms with E-state index in [2.05, 4.69) is 22.1 Å². The van der Waals surface area contributed by atoms with Gasteiger partial charge in [-0.3, -0.25) is 14.2 Å². The molecular formula is C21H21F3N6O. The van der Waals surface area contributed by atoms with Gasteiger partial charge in [-0.25, -0.2) is 0 Å². The number of alkyl halides is 3. The molecule has 0 saturated carbocycles. The maximum atomic E-state index is 12.9. The number of hydrogen-bond donors (Lipinski definition) is 0. The zero-order valence-electron chi connectivity index (χ0n) is 17.1. The van der Waals surface area contributed by atoms with Gasteiger partial charge in [0.1, 0.15) is 12.0 Å². The molecule has 0 spiro atoms. The number of nitrogens with zero attached hydrogens (tertiary/aromatic N) is 6. The zero-order chi connectivity index (χ0) is 21.9. The molecular weight excluding hydrogens is 409 g/mol. The van der Waals surface area contributed by atoms with E-state index in [-0.39, 0.29) is 11.8 Å². The van der Waals surface area contributed by atoms with Crippen LogP contribution in [0.25, 0.3) is 5.65 Å². The second-order valence-electron chi connectivity index (χ2n) is 8.31. The lowest BCUT2D eigenvalue weighted by molar-refractivity contribution is -0.141. The number of hydrogen-bond acceptors (Lipinski definition) is 5. The number of carbonyl (C=O) groups is 1. The van der Waals surface area contributed by atoms with E-state index in [9.17, 15) is 18.0 Å². The van der Waals surface area contributed by atoms with Gasteiger partial charge in [0, 0.05) is 55.1 Å². The van der Waals surface area contributed by atoms with E-state index < -0.39 is 11.9 Å². The fourth-order valence-corrected chi connectivity index (χ4v) is 4.50. The normalized spacial score (nSPS) is 16.7. The first-order valence-electron chi connectivity index (χ1n) is 10.1. The molecule has 0 radical (unpaired) electrons. The number of aromatic nitrogens is 4. The summed E-state index contributed by atoms with van der Waals surface area (Å²) in [5.74, 6) is 0.177. The molecule has 3 aromatic rings. The molecule has 1 fully saturated rings. The fraction of sp³-hybridized carbons (Fsp3) is 0.429. The SMILES string of the molecule is Cc1c2c(c3nncn3c1C)CN(C(=O)CC1CN(c3ccnc(C(F)(F)F)c3)C1)C2. The molecule has 0 unspecified atom stereocenters. The monoisotopic (exact) mass is 430 g/mol. The molecule has 3 aromatic heterocycles. The van der Waals surface area contributed by atoms with E-state index in [1.54, 1.807) is 12.4 Å². The quantitative estimate of drug-likeness (QED) is 0.639. The lowest BCUT2D eigenvalue weighted by Gasteiger charge is -2.41. The smallest absolute Gasteiger partial charge is 0.371 e. The van der Waals surface area contributed by atoms with E-state index in [0.717, 1.165) is 34.1 Å². The highest BCUT2D eigenvalue weighted by atomic mass is 19.4. The second kappa shape index (κ2) is 6.93. The van der Waals surface area contributed by atoms with Crippen molar-refractivity contribution in [3.05, 3.63) is 52.7 Å². The summed E-state index contributed by atoms with van der Waals surface area (Å²) in [5.41, 5.74) is 4.77. The van der Waals surface area contributed by atoms with Gasteiger partial charge in [0.05, 0.1) is 6.54 Å². The molecule has 5 rings (SSSR count). The Hall–Kier alpha value is -3.17. The largest absolute Gasteiger partial charge is 0.433 e. The summed E-state index contributed by atoms with van der Waals surface area (Å²) in [6, 6.07) is 2.63. The van der Waals surface area contributed by atoms with Crippen LogP contribution in [0.15, 0.2) is 24.7 Å². The molecule has 2 aliphatic heterocycles. The summed E-state index contributed by atoms with van der Waals surface area (Å²) < 4.78 is 40.6. The van der Waals surface area contributed by atoms with Gasteiger partial charge in [-0.1, -0.05) is 0 Å². The maximum Gasteiger partial charge on any atom is 0.433 e. The van der Waals surface area contributed by atoms with E-state index >= 15 is 0 Å². The third kappa shape index (κ3) is 3.30. The molecule has 162 valence electrons. The van der Waals surface area contributed by atoms with Crippen molar-refractivity contribution in [2.75, 3.05) is 18.0 Å². The van der Waals surface area contributed by atoms with Crippen molar-refractivity contribution in [3.8, 4) is 0 Å². The first-order valence-corrected chi connectivity index (χ1v) is 10.1. The van der Waals surface area contributed by atoms with Crippen LogP contribution in [-0.2, 0) is 24.1 Å². The Morgan fingerprint density at radius 1 is 1.19 bits per heavy atom. The molecule has 0 atom stereocenters. The van der Waals surface area contributed by atoms with Gasteiger partial charge in [-0.15, -0.1) is 10.2 Å². The van der Waals surface area contributed by atoms with Gasteiger partial charge < -0.3 is 9.80 Å². The summed E-state index contributed by atoms with van der Waals surface area (Å²) in [5, 5.41) is 8.23. The Balaban J connectivity index is 1.23. The Bertz CT molecular complexity index is 1180. The predicted octanol–water partition coefficient (Wildman–Crippen LogP) is 3.13. The van der Waals surface area contributed by atoms with Crippen LogP contribution >= 0.6 is 0 Å². The average molecular weight is 430 g/mol. The zero-order valence-corrected chi connectivity index (χ0v) is 17.1. The summed E-state index contributed by atoms with van der Waals surface area (Å²) in [6.45, 7) is 6.24. The van der Waals surface area contributed by atoms with E-state index in [0.29, 0.717) is 38.3 Å². The highest BCUT2D eigenvalue weighted by Gasteiger charge is 2.36. The van der Waals surface area contributed by atoms with Crippen molar-refractivity contribution < 1.29 is 18.0 Å². The minimum atomic E-state index is -4.47. The molecule has 0 N–H and O–H groups in total. The minimum absolute atomic E-state index is 0.0567. The number of anilines is 1. The van der Waals surface area contributed by atoms with Crippen LogP contribution in [0.3, 0.4) is 0 Å². The first-order chi connectivity index (χ1) is 14.7. The molecule has 2 aliphatic rings. The summed E-state index contributed by atoms with van der Waals surface area (Å²) in [4.78, 5) is 20.0. The molecule has 0 aliphatic carbocycles. The molecule has 31 heavy (non-hydrogen) atoms. The lowest BCUT2D eigenvalue weighted by atomic mass is 9.95. The number of rotatable bonds is 3. The fourth-order valence-electron chi connectivity index (χ4n) is 4.50. The highest BCUT2D eigenvalue weighted by Crippen LogP contribution is 2.34. The van der Waals surface area contributed by atoms with Crippen molar-refractivity contribution in [1.29, 1.82) is 0 Å². The van der Waals surface area contributed by atoms with Crippen LogP contribution < -0.4 is 4.90 Å². The minimum Gasteiger partial charge on any atom is -0.371 e. The molecule has 5 heterocycles.